The van der Waals surface area contributed by atoms with Crippen LogP contribution in [0.5, 0.6) is 0 Å². The smallest absolute Gasteiger partial charge is 0.263 e. The van der Waals surface area contributed by atoms with Crippen LogP contribution in [0.25, 0.3) is 11.5 Å². The van der Waals surface area contributed by atoms with Crippen molar-refractivity contribution in [3.05, 3.63) is 44.6 Å². The summed E-state index contributed by atoms with van der Waals surface area (Å²) in [6.07, 6.45) is 2.66. The lowest BCUT2D eigenvalue weighted by Crippen LogP contribution is -2.21. The van der Waals surface area contributed by atoms with Crippen molar-refractivity contribution >= 4 is 34.2 Å². The molecule has 0 aliphatic carbocycles. The first-order chi connectivity index (χ1) is 11.0. The molecule has 9 nitrogen and oxygen atoms in total. The third kappa shape index (κ3) is 5.00. The molecule has 0 aliphatic heterocycles. The Bertz CT molecular complexity index is 748. The normalized spacial score (nSPS) is 11.3. The Morgan fingerprint density at radius 2 is 2.39 bits per heavy atom. The maximum Gasteiger partial charge on any atom is 0.263 e. The molecule has 23 heavy (non-hydrogen) atoms. The highest BCUT2D eigenvalue weighted by molar-refractivity contribution is 8.02. The van der Waals surface area contributed by atoms with Crippen molar-refractivity contribution in [3.63, 3.8) is 0 Å². The standard InChI is InChI=1S/C12H14N6O3S2/c1-22-10(5-18(19)20)15-4-7-2-3-9(21-7)8-6-23-12(16-8)17-11(13)14/h2-3,5-6,15H,4H2,1H3,(H4,13,14,16,17). The minimum Gasteiger partial charge on any atom is -0.458 e. The summed E-state index contributed by atoms with van der Waals surface area (Å²) in [7, 11) is 0. The number of nitro groups is 1. The van der Waals surface area contributed by atoms with Crippen LogP contribution < -0.4 is 16.8 Å². The predicted octanol–water partition coefficient (Wildman–Crippen LogP) is 1.84. The molecule has 2 rings (SSSR count). The fraction of sp³-hybridized carbons (Fsp3) is 0.167. The molecule has 0 spiro atoms. The van der Waals surface area contributed by atoms with Gasteiger partial charge in [-0.15, -0.1) is 23.1 Å². The summed E-state index contributed by atoms with van der Waals surface area (Å²) in [5, 5.41) is 16.1. The van der Waals surface area contributed by atoms with Gasteiger partial charge in [-0.2, -0.15) is 4.99 Å². The Balaban J connectivity index is 2.04. The highest BCUT2D eigenvalue weighted by Crippen LogP contribution is 2.28. The number of nitrogens with one attached hydrogen (secondary N) is 1. The molecule has 2 aromatic rings. The van der Waals surface area contributed by atoms with Crippen molar-refractivity contribution in [2.75, 3.05) is 6.26 Å². The van der Waals surface area contributed by atoms with Gasteiger partial charge in [0.15, 0.2) is 11.7 Å². The van der Waals surface area contributed by atoms with Crippen LogP contribution >= 0.6 is 23.1 Å². The Hall–Kier alpha value is -2.53. The summed E-state index contributed by atoms with van der Waals surface area (Å²) in [5.74, 6) is 1.14. The molecule has 0 atom stereocenters. The van der Waals surface area contributed by atoms with E-state index in [1.165, 1.54) is 23.1 Å². The van der Waals surface area contributed by atoms with E-state index in [1.54, 1.807) is 23.8 Å². The van der Waals surface area contributed by atoms with Gasteiger partial charge in [-0.05, 0) is 18.4 Å². The second-order valence-electron chi connectivity index (χ2n) is 4.15. The van der Waals surface area contributed by atoms with Gasteiger partial charge in [-0.25, -0.2) is 4.98 Å². The van der Waals surface area contributed by atoms with Crippen molar-refractivity contribution in [2.45, 2.75) is 6.54 Å². The quantitative estimate of drug-likeness (QED) is 0.295. The van der Waals surface area contributed by atoms with Gasteiger partial charge < -0.3 is 21.2 Å². The zero-order chi connectivity index (χ0) is 16.8. The van der Waals surface area contributed by atoms with Crippen LogP contribution in [0.15, 0.2) is 38.2 Å². The first-order valence-electron chi connectivity index (χ1n) is 6.25. The molecular weight excluding hydrogens is 340 g/mol. The Morgan fingerprint density at radius 1 is 1.61 bits per heavy atom. The Kier molecular flexibility index (Phi) is 5.60. The topological polar surface area (TPSA) is 146 Å². The lowest BCUT2D eigenvalue weighted by molar-refractivity contribution is -0.403. The highest BCUT2D eigenvalue weighted by Gasteiger charge is 2.10. The number of thiazole rings is 1. The van der Waals surface area contributed by atoms with Crippen LogP contribution in [0.2, 0.25) is 0 Å². The molecule has 0 saturated carbocycles. The van der Waals surface area contributed by atoms with Crippen LogP contribution in [-0.4, -0.2) is 22.1 Å². The van der Waals surface area contributed by atoms with E-state index < -0.39 is 4.92 Å². The largest absolute Gasteiger partial charge is 0.458 e. The fourth-order valence-corrected chi connectivity index (χ4v) is 2.69. The summed E-state index contributed by atoms with van der Waals surface area (Å²) in [6, 6.07) is 3.54. The van der Waals surface area contributed by atoms with Crippen molar-refractivity contribution in [3.8, 4) is 11.5 Å². The van der Waals surface area contributed by atoms with E-state index in [0.717, 1.165) is 6.20 Å². The molecule has 5 N–H and O–H groups in total. The highest BCUT2D eigenvalue weighted by atomic mass is 32.2. The number of furan rings is 1. The van der Waals surface area contributed by atoms with Gasteiger partial charge in [0, 0.05) is 5.38 Å². The number of hydrogen-bond donors (Lipinski definition) is 3. The molecule has 0 radical (unpaired) electrons. The average molecular weight is 354 g/mol. The van der Waals surface area contributed by atoms with Gasteiger partial charge >= 0.3 is 0 Å². The van der Waals surface area contributed by atoms with Crippen LogP contribution in [0.3, 0.4) is 0 Å². The minimum absolute atomic E-state index is 0.0580. The number of aromatic nitrogens is 1. The molecule has 0 amide bonds. The van der Waals surface area contributed by atoms with E-state index in [1.807, 2.05) is 0 Å². The molecule has 0 bridgehead atoms. The molecular formula is C12H14N6O3S2. The van der Waals surface area contributed by atoms with Crippen molar-refractivity contribution in [1.82, 2.24) is 10.3 Å². The van der Waals surface area contributed by atoms with Crippen molar-refractivity contribution < 1.29 is 9.34 Å². The molecule has 2 aromatic heterocycles. The van der Waals surface area contributed by atoms with Crippen LogP contribution in [0.1, 0.15) is 5.76 Å². The third-order valence-corrected chi connectivity index (χ3v) is 3.93. The molecule has 11 heteroatoms. The first kappa shape index (κ1) is 16.8. The van der Waals surface area contributed by atoms with Gasteiger partial charge in [0.25, 0.3) is 6.20 Å². The third-order valence-electron chi connectivity index (χ3n) is 2.51. The van der Waals surface area contributed by atoms with Gasteiger partial charge in [0.2, 0.25) is 5.13 Å². The van der Waals surface area contributed by atoms with Gasteiger partial charge in [-0.3, -0.25) is 10.1 Å². The molecule has 0 aliphatic rings. The molecule has 0 fully saturated rings. The predicted molar refractivity (Wildman–Crippen MR) is 90.7 cm³/mol. The summed E-state index contributed by atoms with van der Waals surface area (Å²) in [4.78, 5) is 18.1. The molecule has 0 unspecified atom stereocenters. The van der Waals surface area contributed by atoms with Gasteiger partial charge in [-0.1, -0.05) is 0 Å². The van der Waals surface area contributed by atoms with Crippen LogP contribution in [0.4, 0.5) is 5.13 Å². The van der Waals surface area contributed by atoms with Crippen molar-refractivity contribution in [2.24, 2.45) is 16.5 Å². The van der Waals surface area contributed by atoms with E-state index in [-0.39, 0.29) is 5.96 Å². The van der Waals surface area contributed by atoms with E-state index in [4.69, 9.17) is 15.9 Å². The summed E-state index contributed by atoms with van der Waals surface area (Å²) < 4.78 is 5.65. The lowest BCUT2D eigenvalue weighted by atomic mass is 10.3. The molecule has 122 valence electrons. The van der Waals surface area contributed by atoms with E-state index >= 15 is 0 Å². The Morgan fingerprint density at radius 3 is 3.04 bits per heavy atom. The monoisotopic (exact) mass is 354 g/mol. The lowest BCUT2D eigenvalue weighted by Gasteiger charge is -2.03. The van der Waals surface area contributed by atoms with Crippen LogP contribution in [0, 0.1) is 10.1 Å². The fourth-order valence-electron chi connectivity index (χ4n) is 1.59. The zero-order valence-electron chi connectivity index (χ0n) is 12.1. The number of aliphatic imine (C=N–C) groups is 1. The zero-order valence-corrected chi connectivity index (χ0v) is 13.7. The van der Waals surface area contributed by atoms with Crippen LogP contribution in [-0.2, 0) is 6.54 Å². The molecule has 0 saturated heterocycles. The maximum atomic E-state index is 10.5. The SMILES string of the molecule is CSC(=C[N+](=O)[O-])NCc1ccc(-c2csc(N=C(N)N)n2)o1. The average Bonchev–Trinajstić information content (AvgIpc) is 3.11. The number of rotatable bonds is 7. The second kappa shape index (κ2) is 7.65. The van der Waals surface area contributed by atoms with Crippen molar-refractivity contribution in [1.29, 1.82) is 0 Å². The molecule has 2 heterocycles. The molecule has 0 aromatic carbocycles. The number of thioether (sulfide) groups is 1. The summed E-state index contributed by atoms with van der Waals surface area (Å²) in [5.41, 5.74) is 11.2. The number of hydrogen-bond acceptors (Lipinski definition) is 8. The van der Waals surface area contributed by atoms with E-state index in [9.17, 15) is 10.1 Å². The van der Waals surface area contributed by atoms with E-state index in [2.05, 4.69) is 15.3 Å². The number of nitrogens with two attached hydrogens (primary N) is 2. The van der Waals surface area contributed by atoms with Gasteiger partial charge in [0.05, 0.1) is 11.5 Å². The minimum atomic E-state index is -0.507. The summed E-state index contributed by atoms with van der Waals surface area (Å²) >= 11 is 2.54. The number of guanidine groups is 1. The number of nitrogens with zero attached hydrogens (tertiary/aromatic N) is 3. The first-order valence-corrected chi connectivity index (χ1v) is 8.36. The Labute approximate surface area is 139 Å². The summed E-state index contributed by atoms with van der Waals surface area (Å²) in [6.45, 7) is 0.325. The van der Waals surface area contributed by atoms with Gasteiger partial charge in [0.1, 0.15) is 16.5 Å². The maximum absolute atomic E-state index is 10.5. The second-order valence-corrected chi connectivity index (χ2v) is 5.84. The van der Waals surface area contributed by atoms with E-state index in [0.29, 0.717) is 33.9 Å².